The average Bonchev–Trinajstić information content (AvgIpc) is 3.67. The van der Waals surface area contributed by atoms with Gasteiger partial charge >= 0.3 is 0 Å². The fourth-order valence-corrected chi connectivity index (χ4v) is 5.12. The minimum Gasteiger partial charge on any atom is -0.493 e. The molecule has 3 aromatic carbocycles. The van der Waals surface area contributed by atoms with Gasteiger partial charge in [-0.25, -0.2) is 4.68 Å². The second kappa shape index (κ2) is 10.4. The third kappa shape index (κ3) is 4.83. The zero-order chi connectivity index (χ0) is 26.8. The quantitative estimate of drug-likeness (QED) is 0.295. The molecule has 0 amide bonds. The number of hydrogen-bond donors (Lipinski definition) is 0. The third-order valence-electron chi connectivity index (χ3n) is 6.13. The van der Waals surface area contributed by atoms with Gasteiger partial charge in [0.1, 0.15) is 5.69 Å². The molecule has 0 radical (unpaired) electrons. The number of thiazole rings is 1. The standard InChI is InChI=1S/C30H23N5O3S/c1-37-24-15-14-21(17-25(24)38-2)28-22(19-34(33-28)23-11-7-4-8-12-23)18-26-29(36)35-30(39-26)31-27(32-35)16-13-20-9-5-3-6-10-20/h3-19H,1-2H3/b16-13+,26-18-. The lowest BCUT2D eigenvalue weighted by molar-refractivity contribution is 0.355. The van der Waals surface area contributed by atoms with E-state index in [0.717, 1.165) is 22.4 Å². The topological polar surface area (TPSA) is 83.5 Å². The van der Waals surface area contributed by atoms with E-state index in [-0.39, 0.29) is 5.56 Å². The van der Waals surface area contributed by atoms with Crippen molar-refractivity contribution in [1.82, 2.24) is 24.4 Å². The summed E-state index contributed by atoms with van der Waals surface area (Å²) in [5.41, 5.74) is 4.01. The fraction of sp³-hybridized carbons (Fsp3) is 0.0667. The van der Waals surface area contributed by atoms with E-state index >= 15 is 0 Å². The molecule has 0 saturated carbocycles. The molecular formula is C30H23N5O3S. The Morgan fingerprint density at radius 1 is 0.846 bits per heavy atom. The second-order valence-corrected chi connectivity index (χ2v) is 9.62. The Labute approximate surface area is 227 Å². The summed E-state index contributed by atoms with van der Waals surface area (Å²) in [5.74, 6) is 1.70. The zero-order valence-electron chi connectivity index (χ0n) is 21.2. The predicted molar refractivity (Wildman–Crippen MR) is 153 cm³/mol. The van der Waals surface area contributed by atoms with Crippen molar-refractivity contribution in [3.8, 4) is 28.4 Å². The SMILES string of the molecule is COc1ccc(-c2nn(-c3ccccc3)cc2/C=c2\sc3nc(/C=C/c4ccccc4)nn3c2=O)cc1OC. The van der Waals surface area contributed by atoms with Gasteiger partial charge in [0.25, 0.3) is 5.56 Å². The maximum absolute atomic E-state index is 13.3. The van der Waals surface area contributed by atoms with Crippen molar-refractivity contribution in [1.29, 1.82) is 0 Å². The van der Waals surface area contributed by atoms with E-state index in [1.54, 1.807) is 25.0 Å². The van der Waals surface area contributed by atoms with Crippen LogP contribution in [-0.4, -0.2) is 38.6 Å². The molecule has 3 aromatic heterocycles. The second-order valence-electron chi connectivity index (χ2n) is 8.61. The highest BCUT2D eigenvalue weighted by Crippen LogP contribution is 2.33. The van der Waals surface area contributed by atoms with Gasteiger partial charge in [0.15, 0.2) is 17.3 Å². The minimum absolute atomic E-state index is 0.229. The number of nitrogens with zero attached hydrogens (tertiary/aromatic N) is 5. The zero-order valence-corrected chi connectivity index (χ0v) is 22.0. The molecule has 0 unspecified atom stereocenters. The van der Waals surface area contributed by atoms with Crippen molar-refractivity contribution in [3.05, 3.63) is 117 Å². The first-order chi connectivity index (χ1) is 19.1. The molecule has 0 N–H and O–H groups in total. The van der Waals surface area contributed by atoms with Crippen LogP contribution in [0.5, 0.6) is 11.5 Å². The summed E-state index contributed by atoms with van der Waals surface area (Å²) < 4.78 is 14.6. The lowest BCUT2D eigenvalue weighted by Gasteiger charge is -2.09. The van der Waals surface area contributed by atoms with Gasteiger partial charge in [-0.05, 0) is 48.0 Å². The summed E-state index contributed by atoms with van der Waals surface area (Å²) in [6.07, 6.45) is 7.47. The Morgan fingerprint density at radius 2 is 1.59 bits per heavy atom. The Balaban J connectivity index is 1.44. The van der Waals surface area contributed by atoms with Gasteiger partial charge in [0, 0.05) is 17.3 Å². The van der Waals surface area contributed by atoms with E-state index in [9.17, 15) is 4.79 Å². The van der Waals surface area contributed by atoms with Crippen molar-refractivity contribution < 1.29 is 9.47 Å². The summed E-state index contributed by atoms with van der Waals surface area (Å²) in [4.78, 5) is 18.3. The molecule has 0 fully saturated rings. The number of hydrogen-bond acceptors (Lipinski definition) is 7. The molecule has 0 aliphatic rings. The van der Waals surface area contributed by atoms with Crippen molar-refractivity contribution >= 4 is 34.5 Å². The molecule has 3 heterocycles. The lowest BCUT2D eigenvalue weighted by Crippen LogP contribution is -2.23. The minimum atomic E-state index is -0.229. The van der Waals surface area contributed by atoms with Crippen LogP contribution >= 0.6 is 11.3 Å². The van der Waals surface area contributed by atoms with Crippen molar-refractivity contribution in [3.63, 3.8) is 0 Å². The van der Waals surface area contributed by atoms with E-state index in [4.69, 9.17) is 14.6 Å². The molecule has 39 heavy (non-hydrogen) atoms. The van der Waals surface area contributed by atoms with E-state index in [1.165, 1.54) is 15.9 Å². The molecule has 9 heteroatoms. The summed E-state index contributed by atoms with van der Waals surface area (Å²) in [7, 11) is 3.19. The summed E-state index contributed by atoms with van der Waals surface area (Å²) in [5, 5.41) is 9.27. The van der Waals surface area contributed by atoms with Gasteiger partial charge < -0.3 is 9.47 Å². The van der Waals surface area contributed by atoms with Crippen LogP contribution in [-0.2, 0) is 0 Å². The number of benzene rings is 3. The van der Waals surface area contributed by atoms with Gasteiger partial charge in [-0.1, -0.05) is 65.9 Å². The fourth-order valence-electron chi connectivity index (χ4n) is 4.21. The van der Waals surface area contributed by atoms with Crippen LogP contribution in [0.4, 0.5) is 0 Å². The Bertz CT molecular complexity index is 1910. The molecule has 6 rings (SSSR count). The van der Waals surface area contributed by atoms with E-state index in [2.05, 4.69) is 10.1 Å². The molecule has 0 saturated heterocycles. The molecule has 0 aliphatic carbocycles. The highest BCUT2D eigenvalue weighted by Gasteiger charge is 2.16. The number of rotatable bonds is 7. The number of para-hydroxylation sites is 1. The van der Waals surface area contributed by atoms with E-state index < -0.39 is 0 Å². The van der Waals surface area contributed by atoms with Crippen LogP contribution in [0, 0.1) is 0 Å². The van der Waals surface area contributed by atoms with Gasteiger partial charge in [0.2, 0.25) is 4.96 Å². The number of ether oxygens (including phenoxy) is 2. The summed E-state index contributed by atoms with van der Waals surface area (Å²) >= 11 is 1.29. The Kier molecular flexibility index (Phi) is 6.48. The molecule has 0 spiro atoms. The Hall–Kier alpha value is -5.02. The average molecular weight is 534 g/mol. The maximum atomic E-state index is 13.3. The number of fused-ring (bicyclic) bond motifs is 1. The first-order valence-corrected chi connectivity index (χ1v) is 13.0. The normalized spacial score (nSPS) is 12.0. The van der Waals surface area contributed by atoms with Gasteiger partial charge in [0.05, 0.1) is 24.4 Å². The van der Waals surface area contributed by atoms with Crippen LogP contribution < -0.4 is 19.6 Å². The maximum Gasteiger partial charge on any atom is 0.291 e. The molecular weight excluding hydrogens is 510 g/mol. The predicted octanol–water partition coefficient (Wildman–Crippen LogP) is 4.74. The van der Waals surface area contributed by atoms with Crippen molar-refractivity contribution in [2.75, 3.05) is 14.2 Å². The van der Waals surface area contributed by atoms with E-state index in [0.29, 0.717) is 32.5 Å². The van der Waals surface area contributed by atoms with E-state index in [1.807, 2.05) is 97.2 Å². The van der Waals surface area contributed by atoms with Gasteiger partial charge in [-0.15, -0.1) is 5.10 Å². The molecule has 0 atom stereocenters. The van der Waals surface area contributed by atoms with Crippen LogP contribution in [0.15, 0.2) is 89.9 Å². The molecule has 192 valence electrons. The molecule has 6 aromatic rings. The summed E-state index contributed by atoms with van der Waals surface area (Å²) in [6.45, 7) is 0. The van der Waals surface area contributed by atoms with Crippen LogP contribution in [0.25, 0.3) is 40.1 Å². The van der Waals surface area contributed by atoms with Gasteiger partial charge in [-0.2, -0.15) is 14.6 Å². The largest absolute Gasteiger partial charge is 0.493 e. The Morgan fingerprint density at radius 3 is 2.31 bits per heavy atom. The van der Waals surface area contributed by atoms with Crippen LogP contribution in [0.2, 0.25) is 0 Å². The highest BCUT2D eigenvalue weighted by atomic mass is 32.1. The molecule has 8 nitrogen and oxygen atoms in total. The van der Waals surface area contributed by atoms with Crippen LogP contribution in [0.3, 0.4) is 0 Å². The smallest absolute Gasteiger partial charge is 0.291 e. The monoisotopic (exact) mass is 533 g/mol. The van der Waals surface area contributed by atoms with Gasteiger partial charge in [-0.3, -0.25) is 4.79 Å². The number of methoxy groups -OCH3 is 2. The molecule has 0 bridgehead atoms. The first kappa shape index (κ1) is 24.3. The number of aromatic nitrogens is 5. The highest BCUT2D eigenvalue weighted by molar-refractivity contribution is 7.15. The van der Waals surface area contributed by atoms with Crippen molar-refractivity contribution in [2.45, 2.75) is 0 Å². The lowest BCUT2D eigenvalue weighted by atomic mass is 10.1. The third-order valence-corrected chi connectivity index (χ3v) is 7.09. The summed E-state index contributed by atoms with van der Waals surface area (Å²) in [6, 6.07) is 25.3. The van der Waals surface area contributed by atoms with Crippen molar-refractivity contribution in [2.24, 2.45) is 0 Å². The van der Waals surface area contributed by atoms with Crippen LogP contribution in [0.1, 0.15) is 17.0 Å². The first-order valence-electron chi connectivity index (χ1n) is 12.1. The molecule has 0 aliphatic heterocycles.